The van der Waals surface area contributed by atoms with Gasteiger partial charge in [0.25, 0.3) is 0 Å². The van der Waals surface area contributed by atoms with Crippen LogP contribution in [0.4, 0.5) is 5.69 Å². The van der Waals surface area contributed by atoms with Gasteiger partial charge in [0.15, 0.2) is 0 Å². The fourth-order valence-electron chi connectivity index (χ4n) is 2.18. The second kappa shape index (κ2) is 6.93. The Bertz CT molecular complexity index is 711. The van der Waals surface area contributed by atoms with Gasteiger partial charge in [0.05, 0.1) is 35.1 Å². The molecule has 0 bridgehead atoms. The topological polar surface area (TPSA) is 73.2 Å². The van der Waals surface area contributed by atoms with Gasteiger partial charge in [-0.25, -0.2) is 13.1 Å². The van der Waals surface area contributed by atoms with Crippen molar-refractivity contribution in [1.82, 2.24) is 9.78 Å². The summed E-state index contributed by atoms with van der Waals surface area (Å²) in [7, 11) is -1.98. The summed E-state index contributed by atoms with van der Waals surface area (Å²) in [6.07, 6.45) is 1.83. The minimum atomic E-state index is -3.48. The lowest BCUT2D eigenvalue weighted by Gasteiger charge is -2.13. The SMILES string of the molecule is CCc1c(NS(=O)(=O)C[C@@H](C)OC)cnn1-c1ccccc1. The molecule has 7 heteroatoms. The Hall–Kier alpha value is -1.86. The van der Waals surface area contributed by atoms with Crippen LogP contribution in [-0.2, 0) is 21.2 Å². The molecular weight excluding hydrogens is 302 g/mol. The van der Waals surface area contributed by atoms with E-state index < -0.39 is 10.0 Å². The first-order valence-corrected chi connectivity index (χ1v) is 8.77. The maximum Gasteiger partial charge on any atom is 0.235 e. The van der Waals surface area contributed by atoms with Crippen molar-refractivity contribution in [2.75, 3.05) is 17.6 Å². The van der Waals surface area contributed by atoms with Gasteiger partial charge in [0, 0.05) is 7.11 Å². The van der Waals surface area contributed by atoms with E-state index in [0.29, 0.717) is 12.1 Å². The molecule has 1 N–H and O–H groups in total. The summed E-state index contributed by atoms with van der Waals surface area (Å²) in [5.41, 5.74) is 2.23. The Morgan fingerprint density at radius 3 is 2.59 bits per heavy atom. The van der Waals surface area contributed by atoms with Crippen molar-refractivity contribution in [2.45, 2.75) is 26.4 Å². The molecule has 0 spiro atoms. The smallest absolute Gasteiger partial charge is 0.235 e. The Kier molecular flexibility index (Phi) is 5.20. The number of methoxy groups -OCH3 is 1. The lowest BCUT2D eigenvalue weighted by Crippen LogP contribution is -2.25. The van der Waals surface area contributed by atoms with Crippen molar-refractivity contribution >= 4 is 15.7 Å². The summed E-state index contributed by atoms with van der Waals surface area (Å²) in [6, 6.07) is 9.62. The highest BCUT2D eigenvalue weighted by Crippen LogP contribution is 2.21. The van der Waals surface area contributed by atoms with E-state index in [-0.39, 0.29) is 11.9 Å². The molecule has 2 rings (SSSR count). The van der Waals surface area contributed by atoms with E-state index in [1.54, 1.807) is 17.8 Å². The molecule has 22 heavy (non-hydrogen) atoms. The van der Waals surface area contributed by atoms with Gasteiger partial charge in [-0.05, 0) is 25.5 Å². The minimum absolute atomic E-state index is 0.0941. The monoisotopic (exact) mass is 323 g/mol. The van der Waals surface area contributed by atoms with Crippen molar-refractivity contribution in [3.63, 3.8) is 0 Å². The Morgan fingerprint density at radius 2 is 2.00 bits per heavy atom. The third-order valence-corrected chi connectivity index (χ3v) is 4.77. The van der Waals surface area contributed by atoms with Gasteiger partial charge in [0.1, 0.15) is 0 Å². The quantitative estimate of drug-likeness (QED) is 0.848. The van der Waals surface area contributed by atoms with Crippen LogP contribution in [0.5, 0.6) is 0 Å². The first-order chi connectivity index (χ1) is 10.5. The van der Waals surface area contributed by atoms with Crippen molar-refractivity contribution < 1.29 is 13.2 Å². The highest BCUT2D eigenvalue weighted by Gasteiger charge is 2.19. The fraction of sp³-hybridized carbons (Fsp3) is 0.400. The molecule has 120 valence electrons. The van der Waals surface area contributed by atoms with Crippen LogP contribution < -0.4 is 4.72 Å². The van der Waals surface area contributed by atoms with Crippen LogP contribution in [0.1, 0.15) is 19.5 Å². The number of benzene rings is 1. The normalized spacial score (nSPS) is 13.0. The van der Waals surface area contributed by atoms with E-state index in [2.05, 4.69) is 9.82 Å². The summed E-state index contributed by atoms with van der Waals surface area (Å²) in [5, 5.41) is 4.30. The molecule has 0 unspecified atom stereocenters. The van der Waals surface area contributed by atoms with Crippen LogP contribution in [0.25, 0.3) is 5.69 Å². The van der Waals surface area contributed by atoms with Crippen LogP contribution in [0, 0.1) is 0 Å². The molecule has 0 saturated heterocycles. The predicted octanol–water partition coefficient (Wildman–Crippen LogP) is 2.21. The molecule has 1 aromatic carbocycles. The Morgan fingerprint density at radius 1 is 1.32 bits per heavy atom. The zero-order valence-corrected chi connectivity index (χ0v) is 13.8. The molecule has 0 saturated carbocycles. The zero-order chi connectivity index (χ0) is 16.2. The highest BCUT2D eigenvalue weighted by molar-refractivity contribution is 7.92. The molecule has 0 fully saturated rings. The summed E-state index contributed by atoms with van der Waals surface area (Å²) >= 11 is 0. The number of rotatable bonds is 7. The molecule has 6 nitrogen and oxygen atoms in total. The number of sulfonamides is 1. The van der Waals surface area contributed by atoms with Crippen LogP contribution >= 0.6 is 0 Å². The summed E-state index contributed by atoms with van der Waals surface area (Å²) in [4.78, 5) is 0. The first kappa shape index (κ1) is 16.5. The number of aromatic nitrogens is 2. The predicted molar refractivity (Wildman–Crippen MR) is 86.8 cm³/mol. The van der Waals surface area contributed by atoms with E-state index in [9.17, 15) is 8.42 Å². The summed E-state index contributed by atoms with van der Waals surface area (Å²) < 4.78 is 33.7. The summed E-state index contributed by atoms with van der Waals surface area (Å²) in [6.45, 7) is 3.68. The highest BCUT2D eigenvalue weighted by atomic mass is 32.2. The van der Waals surface area contributed by atoms with Crippen LogP contribution in [0.2, 0.25) is 0 Å². The molecule has 0 aliphatic carbocycles. The lowest BCUT2D eigenvalue weighted by molar-refractivity contribution is 0.136. The number of anilines is 1. The molecule has 1 atom stereocenters. The van der Waals surface area contributed by atoms with Gasteiger partial charge >= 0.3 is 0 Å². The van der Waals surface area contributed by atoms with Gasteiger partial charge in [0.2, 0.25) is 10.0 Å². The zero-order valence-electron chi connectivity index (χ0n) is 13.0. The van der Waals surface area contributed by atoms with E-state index in [4.69, 9.17) is 4.74 Å². The Labute approximate surface area is 131 Å². The maximum absolute atomic E-state index is 12.2. The number of hydrogen-bond acceptors (Lipinski definition) is 4. The average molecular weight is 323 g/mol. The van der Waals surface area contributed by atoms with E-state index in [1.807, 2.05) is 37.3 Å². The van der Waals surface area contributed by atoms with Gasteiger partial charge in [-0.15, -0.1) is 0 Å². The third-order valence-electron chi connectivity index (χ3n) is 3.33. The van der Waals surface area contributed by atoms with Gasteiger partial charge in [-0.1, -0.05) is 25.1 Å². The molecule has 2 aromatic rings. The number of nitrogens with zero attached hydrogens (tertiary/aromatic N) is 2. The number of para-hydroxylation sites is 1. The second-order valence-electron chi connectivity index (χ2n) is 5.04. The maximum atomic E-state index is 12.2. The van der Waals surface area contributed by atoms with Gasteiger partial charge in [-0.2, -0.15) is 5.10 Å². The van der Waals surface area contributed by atoms with Crippen molar-refractivity contribution in [1.29, 1.82) is 0 Å². The number of nitrogens with one attached hydrogen (secondary N) is 1. The molecule has 1 heterocycles. The van der Waals surface area contributed by atoms with Crippen molar-refractivity contribution in [2.24, 2.45) is 0 Å². The standard InChI is InChI=1S/C15H21N3O3S/c1-4-15-14(17-22(19,20)11-12(2)21-3)10-16-18(15)13-8-6-5-7-9-13/h5-10,12,17H,4,11H2,1-3H3/t12-/m1/s1. The van der Waals surface area contributed by atoms with E-state index in [1.165, 1.54) is 7.11 Å². The van der Waals surface area contributed by atoms with Gasteiger partial charge < -0.3 is 4.74 Å². The largest absolute Gasteiger partial charge is 0.381 e. The van der Waals surface area contributed by atoms with Crippen LogP contribution in [0.15, 0.2) is 36.5 Å². The number of hydrogen-bond donors (Lipinski definition) is 1. The molecule has 0 radical (unpaired) electrons. The van der Waals surface area contributed by atoms with Crippen molar-refractivity contribution in [3.8, 4) is 5.69 Å². The molecule has 1 aromatic heterocycles. The average Bonchev–Trinajstić information content (AvgIpc) is 2.89. The number of ether oxygens (including phenoxy) is 1. The van der Waals surface area contributed by atoms with Crippen molar-refractivity contribution in [3.05, 3.63) is 42.2 Å². The van der Waals surface area contributed by atoms with Crippen LogP contribution in [-0.4, -0.2) is 37.2 Å². The van der Waals surface area contributed by atoms with E-state index >= 15 is 0 Å². The molecule has 0 aliphatic heterocycles. The molecular formula is C15H21N3O3S. The molecule has 0 aliphatic rings. The first-order valence-electron chi connectivity index (χ1n) is 7.12. The Balaban J connectivity index is 2.28. The third kappa shape index (κ3) is 3.86. The van der Waals surface area contributed by atoms with Crippen LogP contribution in [0.3, 0.4) is 0 Å². The minimum Gasteiger partial charge on any atom is -0.381 e. The summed E-state index contributed by atoms with van der Waals surface area (Å²) in [5.74, 6) is -0.0941. The van der Waals surface area contributed by atoms with E-state index in [0.717, 1.165) is 11.4 Å². The fourth-order valence-corrected chi connectivity index (χ4v) is 3.52. The lowest BCUT2D eigenvalue weighted by atomic mass is 10.2. The molecule has 0 amide bonds. The second-order valence-corrected chi connectivity index (χ2v) is 6.80. The van der Waals surface area contributed by atoms with Gasteiger partial charge in [-0.3, -0.25) is 4.72 Å².